The number of hydrogen-bond acceptors (Lipinski definition) is 4. The van der Waals surface area contributed by atoms with Gasteiger partial charge < -0.3 is 10.6 Å². The highest BCUT2D eigenvalue weighted by atomic mass is 32.2. The summed E-state index contributed by atoms with van der Waals surface area (Å²) in [5, 5.41) is 6.23. The molecule has 98 valence electrons. The van der Waals surface area contributed by atoms with Gasteiger partial charge in [-0.15, -0.1) is 0 Å². The fourth-order valence-corrected chi connectivity index (χ4v) is 4.47. The number of rotatable bonds is 3. The first-order valence-electron chi connectivity index (χ1n) is 6.11. The van der Waals surface area contributed by atoms with E-state index >= 15 is 0 Å². The van der Waals surface area contributed by atoms with Crippen LogP contribution >= 0.6 is 0 Å². The molecule has 17 heavy (non-hydrogen) atoms. The van der Waals surface area contributed by atoms with Crippen LogP contribution in [0.15, 0.2) is 0 Å². The van der Waals surface area contributed by atoms with E-state index < -0.39 is 9.84 Å². The third-order valence-electron chi connectivity index (χ3n) is 3.61. The van der Waals surface area contributed by atoms with E-state index in [0.29, 0.717) is 12.8 Å². The number of sulfone groups is 1. The van der Waals surface area contributed by atoms with Crippen molar-refractivity contribution in [2.24, 2.45) is 5.92 Å². The van der Waals surface area contributed by atoms with Gasteiger partial charge >= 0.3 is 0 Å². The third-order valence-corrected chi connectivity index (χ3v) is 5.45. The predicted octanol–water partition coefficient (Wildman–Crippen LogP) is -0.321. The number of nitrogens with one attached hydrogen (secondary N) is 2. The molecule has 0 aromatic rings. The van der Waals surface area contributed by atoms with Gasteiger partial charge in [0.1, 0.15) is 0 Å². The molecule has 2 heterocycles. The van der Waals surface area contributed by atoms with Gasteiger partial charge in [0, 0.05) is 13.0 Å². The summed E-state index contributed by atoms with van der Waals surface area (Å²) >= 11 is 0. The molecule has 0 aliphatic carbocycles. The van der Waals surface area contributed by atoms with Crippen LogP contribution in [0.5, 0.6) is 0 Å². The number of amides is 1. The van der Waals surface area contributed by atoms with Gasteiger partial charge in [0.2, 0.25) is 5.91 Å². The van der Waals surface area contributed by atoms with Crippen LogP contribution in [-0.2, 0) is 14.6 Å². The molecular formula is C11H20N2O3S. The van der Waals surface area contributed by atoms with Crippen LogP contribution in [0, 0.1) is 5.92 Å². The molecule has 0 radical (unpaired) electrons. The quantitative estimate of drug-likeness (QED) is 0.729. The molecule has 5 nitrogen and oxygen atoms in total. The first kappa shape index (κ1) is 12.8. The average molecular weight is 260 g/mol. The van der Waals surface area contributed by atoms with Crippen molar-refractivity contribution >= 4 is 15.7 Å². The van der Waals surface area contributed by atoms with Crippen molar-refractivity contribution in [2.75, 3.05) is 24.6 Å². The number of hydrogen-bond donors (Lipinski definition) is 2. The molecule has 2 N–H and O–H groups in total. The lowest BCUT2D eigenvalue weighted by Crippen LogP contribution is -2.47. The van der Waals surface area contributed by atoms with Crippen molar-refractivity contribution in [3.63, 3.8) is 0 Å². The molecule has 2 unspecified atom stereocenters. The molecule has 0 bridgehead atoms. The molecule has 2 fully saturated rings. The Hall–Kier alpha value is -0.620. The van der Waals surface area contributed by atoms with Crippen molar-refractivity contribution in [3.05, 3.63) is 0 Å². The molecule has 2 atom stereocenters. The minimum atomic E-state index is -2.88. The van der Waals surface area contributed by atoms with E-state index in [2.05, 4.69) is 10.6 Å². The van der Waals surface area contributed by atoms with Gasteiger partial charge in [-0.2, -0.15) is 0 Å². The summed E-state index contributed by atoms with van der Waals surface area (Å²) in [7, 11) is -2.88. The minimum Gasteiger partial charge on any atom is -0.350 e. The van der Waals surface area contributed by atoms with Crippen molar-refractivity contribution in [3.8, 4) is 0 Å². The van der Waals surface area contributed by atoms with Gasteiger partial charge in [0.25, 0.3) is 0 Å². The molecule has 0 spiro atoms. The normalized spacial score (nSPS) is 35.9. The van der Waals surface area contributed by atoms with Crippen molar-refractivity contribution in [2.45, 2.75) is 31.7 Å². The second kappa shape index (κ2) is 4.57. The predicted molar refractivity (Wildman–Crippen MR) is 65.4 cm³/mol. The maximum atomic E-state index is 11.8. The Kier molecular flexibility index (Phi) is 3.45. The molecule has 2 saturated heterocycles. The molecule has 2 aliphatic rings. The Balaban J connectivity index is 1.82. The molecule has 0 aromatic heterocycles. The SMILES string of the molecule is CC1(NC(=O)CC2CCS(=O)(=O)C2)CCNC1. The Morgan fingerprint density at radius 2 is 2.29 bits per heavy atom. The van der Waals surface area contributed by atoms with Crippen LogP contribution in [0.1, 0.15) is 26.2 Å². The zero-order valence-electron chi connectivity index (χ0n) is 10.2. The smallest absolute Gasteiger partial charge is 0.220 e. The van der Waals surface area contributed by atoms with Crippen LogP contribution in [0.3, 0.4) is 0 Å². The van der Waals surface area contributed by atoms with E-state index in [0.717, 1.165) is 19.5 Å². The van der Waals surface area contributed by atoms with Gasteiger partial charge in [-0.25, -0.2) is 8.42 Å². The largest absolute Gasteiger partial charge is 0.350 e. The van der Waals surface area contributed by atoms with Crippen LogP contribution in [0.25, 0.3) is 0 Å². The summed E-state index contributed by atoms with van der Waals surface area (Å²) in [5.41, 5.74) is -0.158. The van der Waals surface area contributed by atoms with E-state index in [4.69, 9.17) is 0 Å². The third kappa shape index (κ3) is 3.42. The maximum Gasteiger partial charge on any atom is 0.220 e. The number of carbonyl (C=O) groups excluding carboxylic acids is 1. The van der Waals surface area contributed by atoms with E-state index in [9.17, 15) is 13.2 Å². The second-order valence-corrected chi connectivity index (χ2v) is 7.74. The average Bonchev–Trinajstić information content (AvgIpc) is 2.73. The molecule has 0 aromatic carbocycles. The van der Waals surface area contributed by atoms with Crippen LogP contribution in [0.4, 0.5) is 0 Å². The first-order chi connectivity index (χ1) is 7.89. The zero-order valence-corrected chi connectivity index (χ0v) is 11.0. The maximum absolute atomic E-state index is 11.8. The summed E-state index contributed by atoms with van der Waals surface area (Å²) in [4.78, 5) is 11.8. The summed E-state index contributed by atoms with van der Waals surface area (Å²) < 4.78 is 22.6. The summed E-state index contributed by atoms with van der Waals surface area (Å²) in [6.45, 7) is 3.74. The molecule has 2 aliphatic heterocycles. The van der Waals surface area contributed by atoms with Gasteiger partial charge in [-0.05, 0) is 32.2 Å². The lowest BCUT2D eigenvalue weighted by atomic mass is 9.99. The Labute approximate surface area is 102 Å². The van der Waals surface area contributed by atoms with Gasteiger partial charge in [-0.3, -0.25) is 4.79 Å². The highest BCUT2D eigenvalue weighted by Crippen LogP contribution is 2.22. The van der Waals surface area contributed by atoms with E-state index in [-0.39, 0.29) is 28.9 Å². The zero-order chi connectivity index (χ0) is 12.5. The summed E-state index contributed by atoms with van der Waals surface area (Å²) in [6, 6.07) is 0. The van der Waals surface area contributed by atoms with E-state index in [1.807, 2.05) is 6.92 Å². The van der Waals surface area contributed by atoms with E-state index in [1.165, 1.54) is 0 Å². The van der Waals surface area contributed by atoms with Crippen molar-refractivity contribution < 1.29 is 13.2 Å². The Bertz CT molecular complexity index is 399. The summed E-state index contributed by atoms with van der Waals surface area (Å²) in [5.74, 6) is 0.412. The van der Waals surface area contributed by atoms with Crippen LogP contribution in [-0.4, -0.2) is 44.5 Å². The van der Waals surface area contributed by atoms with E-state index in [1.54, 1.807) is 0 Å². The summed E-state index contributed by atoms with van der Waals surface area (Å²) in [6.07, 6.45) is 1.90. The standard InChI is InChI=1S/C11H20N2O3S/c1-11(3-4-12-8-11)13-10(14)6-9-2-5-17(15,16)7-9/h9,12H,2-8H2,1H3,(H,13,14). The molecule has 1 amide bonds. The lowest BCUT2D eigenvalue weighted by molar-refractivity contribution is -0.123. The van der Waals surface area contributed by atoms with Gasteiger partial charge in [0.15, 0.2) is 9.84 Å². The van der Waals surface area contributed by atoms with Crippen LogP contribution in [0.2, 0.25) is 0 Å². The topological polar surface area (TPSA) is 75.3 Å². The Morgan fingerprint density at radius 3 is 2.82 bits per heavy atom. The van der Waals surface area contributed by atoms with Crippen molar-refractivity contribution in [1.29, 1.82) is 0 Å². The molecule has 6 heteroatoms. The second-order valence-electron chi connectivity index (χ2n) is 5.51. The minimum absolute atomic E-state index is 0.0120. The fourth-order valence-electron chi connectivity index (χ4n) is 2.61. The molecule has 0 saturated carbocycles. The highest BCUT2D eigenvalue weighted by Gasteiger charge is 2.33. The number of carbonyl (C=O) groups is 1. The lowest BCUT2D eigenvalue weighted by Gasteiger charge is -2.25. The van der Waals surface area contributed by atoms with Gasteiger partial charge in [0.05, 0.1) is 17.0 Å². The molecular weight excluding hydrogens is 240 g/mol. The Morgan fingerprint density at radius 1 is 1.53 bits per heavy atom. The van der Waals surface area contributed by atoms with Gasteiger partial charge in [-0.1, -0.05) is 0 Å². The van der Waals surface area contributed by atoms with Crippen molar-refractivity contribution in [1.82, 2.24) is 10.6 Å². The highest BCUT2D eigenvalue weighted by molar-refractivity contribution is 7.91. The monoisotopic (exact) mass is 260 g/mol. The first-order valence-corrected chi connectivity index (χ1v) is 7.93. The fraction of sp³-hybridized carbons (Fsp3) is 0.909. The molecule has 2 rings (SSSR count). The van der Waals surface area contributed by atoms with Crippen LogP contribution < -0.4 is 10.6 Å².